The third-order valence-corrected chi connectivity index (χ3v) is 6.89. The van der Waals surface area contributed by atoms with E-state index in [1.807, 2.05) is 26.1 Å². The highest BCUT2D eigenvalue weighted by Gasteiger charge is 2.25. The first kappa shape index (κ1) is 48.3. The molecule has 296 valence electrons. The van der Waals surface area contributed by atoms with Gasteiger partial charge in [-0.15, -0.1) is 10.2 Å². The summed E-state index contributed by atoms with van der Waals surface area (Å²) < 4.78 is 22.1. The van der Waals surface area contributed by atoms with Gasteiger partial charge in [-0.25, -0.2) is 69.0 Å². The van der Waals surface area contributed by atoms with Gasteiger partial charge in [0.25, 0.3) is 5.78 Å². The fraction of sp³-hybridized carbons (Fsp3) is 0.312. The average molecular weight is 861 g/mol. The monoisotopic (exact) mass is 858 g/mol. The van der Waals surface area contributed by atoms with E-state index in [1.165, 1.54) is 30.5 Å². The van der Waals surface area contributed by atoms with Crippen molar-refractivity contribution < 1.29 is 38.1 Å². The Morgan fingerprint density at radius 3 is 1.65 bits per heavy atom. The third kappa shape index (κ3) is 12.4. The molecule has 0 amide bonds. The van der Waals surface area contributed by atoms with Crippen LogP contribution in [0.25, 0.3) is 33.4 Å². The second-order valence-corrected chi connectivity index (χ2v) is 16.5. The molecular formula is C32H39AlCl4N10O8. The van der Waals surface area contributed by atoms with Crippen molar-refractivity contribution in [2.24, 2.45) is 0 Å². The van der Waals surface area contributed by atoms with E-state index < -0.39 is 34.3 Å². The van der Waals surface area contributed by atoms with Crippen molar-refractivity contribution in [3.63, 3.8) is 0 Å². The van der Waals surface area contributed by atoms with Gasteiger partial charge in [0.05, 0.1) is 62.8 Å². The second-order valence-electron chi connectivity index (χ2n) is 9.77. The van der Waals surface area contributed by atoms with E-state index >= 15 is 0 Å². The summed E-state index contributed by atoms with van der Waals surface area (Å²) in [6, 6.07) is 1.96. The van der Waals surface area contributed by atoms with Crippen molar-refractivity contribution in [3.05, 3.63) is 60.7 Å². The molecule has 0 aliphatic rings. The summed E-state index contributed by atoms with van der Waals surface area (Å²) in [5.74, 6) is 0.985. The predicted octanol–water partition coefficient (Wildman–Crippen LogP) is 5.67. The van der Waals surface area contributed by atoms with Crippen LogP contribution < -0.4 is 9.47 Å². The SMILES string of the molecule is C.C.CCc1ncn(-c2ncc(OC)c3c(C(=O)C(=O)OC)c[nH]c23)n1.CCc1ncn(-c2ncc(OC)c3cc[nH]c23)n1.COC(=O)C(=O)Cl.[Cl][Al]([Cl])[Cl]. The van der Waals surface area contributed by atoms with Crippen molar-refractivity contribution in [1.29, 1.82) is 0 Å². The number of carbonyl (C=O) groups excluding carboxylic acids is 4. The maximum absolute atomic E-state index is 12.2. The number of H-pyrrole nitrogens is 2. The van der Waals surface area contributed by atoms with Gasteiger partial charge in [0.2, 0.25) is 0 Å². The molecule has 6 aromatic heterocycles. The number of hydrogen-bond donors (Lipinski definition) is 2. The number of esters is 2. The number of methoxy groups -OCH3 is 4. The van der Waals surface area contributed by atoms with Gasteiger partial charge in [-0.2, -0.15) is 0 Å². The molecule has 0 saturated carbocycles. The van der Waals surface area contributed by atoms with Crippen molar-refractivity contribution in [1.82, 2.24) is 49.5 Å². The number of aromatic amines is 2. The minimum Gasteiger partial charge on any atom is -0.494 e. The van der Waals surface area contributed by atoms with Crippen molar-refractivity contribution in [2.75, 3.05) is 28.4 Å². The van der Waals surface area contributed by atoms with Gasteiger partial charge in [0, 0.05) is 30.6 Å². The Bertz CT molecular complexity index is 2190. The molecule has 0 spiro atoms. The van der Waals surface area contributed by atoms with Crippen LogP contribution in [0, 0.1) is 0 Å². The molecule has 23 heteroatoms. The zero-order valence-corrected chi connectivity index (χ0v) is 33.1. The lowest BCUT2D eigenvalue weighted by Gasteiger charge is -2.07. The standard InChI is InChI=1S/C15H15N5O4.C12H13N5O.C3H3ClO3.2CH4.Al.3ClH/c1-4-10-18-7-20(19-10)14-12-11(9(23-2)6-17-14)8(5-16-12)13(21)15(22)24-3;1-3-10-15-7-17(16-10)12-11-8(4-5-13-11)9(18-2)6-14-12;1-7-3(6)2(4)5;;;;;;/h5-7,16H,4H2,1-3H3;4-7,13H,3H2,1-2H3;1H3;2*1H4;;3*1H/q;;;;;+3;;;/p-3. The maximum Gasteiger partial charge on any atom is 0.643 e. The molecule has 6 rings (SSSR count). The molecule has 0 saturated heterocycles. The highest BCUT2D eigenvalue weighted by Crippen LogP contribution is 2.32. The number of carbonyl (C=O) groups is 4. The Morgan fingerprint density at radius 1 is 0.745 bits per heavy atom. The summed E-state index contributed by atoms with van der Waals surface area (Å²) >= 11 is 2.89. The number of hydrogen-bond acceptors (Lipinski definition) is 14. The van der Waals surface area contributed by atoms with Crippen LogP contribution >= 0.6 is 41.7 Å². The van der Waals surface area contributed by atoms with E-state index in [-0.39, 0.29) is 20.4 Å². The second kappa shape index (κ2) is 23.2. The van der Waals surface area contributed by atoms with E-state index in [0.29, 0.717) is 34.7 Å². The lowest BCUT2D eigenvalue weighted by atomic mass is 10.1. The van der Waals surface area contributed by atoms with E-state index in [4.69, 9.17) is 39.6 Å². The van der Waals surface area contributed by atoms with Crippen molar-refractivity contribution >= 4 is 97.9 Å². The molecule has 0 atom stereocenters. The number of nitrogens with zero attached hydrogens (tertiary/aromatic N) is 8. The van der Waals surface area contributed by atoms with Crippen LogP contribution in [-0.2, 0) is 36.7 Å². The number of aromatic nitrogens is 10. The highest BCUT2D eigenvalue weighted by molar-refractivity contribution is 7.54. The summed E-state index contributed by atoms with van der Waals surface area (Å²) in [5, 5.41) is 9.01. The first-order valence-corrected chi connectivity index (χ1v) is 20.6. The van der Waals surface area contributed by atoms with Crippen LogP contribution in [0.4, 0.5) is 0 Å². The Morgan fingerprint density at radius 2 is 1.24 bits per heavy atom. The van der Waals surface area contributed by atoms with Crippen molar-refractivity contribution in [3.8, 4) is 23.1 Å². The molecular weight excluding hydrogens is 821 g/mol. The summed E-state index contributed by atoms with van der Waals surface area (Å²) in [6.07, 6.45) is 11.1. The molecule has 55 heavy (non-hydrogen) atoms. The number of nitrogens with one attached hydrogen (secondary N) is 2. The van der Waals surface area contributed by atoms with Crippen LogP contribution in [0.5, 0.6) is 11.5 Å². The first-order valence-electron chi connectivity index (χ1n) is 15.0. The van der Waals surface area contributed by atoms with Gasteiger partial charge in [-0.05, 0) is 17.7 Å². The number of ether oxygens (including phenoxy) is 4. The quantitative estimate of drug-likeness (QED) is 0.0588. The Hall–Kier alpha value is -4.77. The summed E-state index contributed by atoms with van der Waals surface area (Å²) in [7, 11) is 20.2. The van der Waals surface area contributed by atoms with Crippen LogP contribution in [-0.4, -0.2) is 112 Å². The van der Waals surface area contributed by atoms with Crippen molar-refractivity contribution in [2.45, 2.75) is 41.5 Å². The Balaban J connectivity index is 0.000000430. The molecule has 6 aromatic rings. The molecule has 0 unspecified atom stereocenters. The zero-order chi connectivity index (χ0) is 39.2. The van der Waals surface area contributed by atoms with Gasteiger partial charge in [-0.3, -0.25) is 9.59 Å². The number of Topliss-reactive ketones (excluding diaryl/α,β-unsaturated/α-hetero) is 1. The largest absolute Gasteiger partial charge is 0.643 e. The molecule has 0 aromatic carbocycles. The fourth-order valence-corrected chi connectivity index (χ4v) is 4.44. The summed E-state index contributed by atoms with van der Waals surface area (Å²) in [4.78, 5) is 66.4. The van der Waals surface area contributed by atoms with Crippen LogP contribution in [0.15, 0.2) is 43.5 Å². The van der Waals surface area contributed by atoms with E-state index in [1.54, 1.807) is 24.3 Å². The van der Waals surface area contributed by atoms with Gasteiger partial charge in [0.15, 0.2) is 23.3 Å². The number of pyridine rings is 2. The van der Waals surface area contributed by atoms with E-state index in [2.05, 4.69) is 61.2 Å². The maximum atomic E-state index is 12.2. The van der Waals surface area contributed by atoms with Crippen LogP contribution in [0.1, 0.15) is 50.7 Å². The molecule has 2 N–H and O–H groups in total. The number of rotatable bonds is 9. The summed E-state index contributed by atoms with van der Waals surface area (Å²) in [6.45, 7) is 3.96. The predicted molar refractivity (Wildman–Crippen MR) is 210 cm³/mol. The van der Waals surface area contributed by atoms with Gasteiger partial charge in [0.1, 0.15) is 24.2 Å². The molecule has 0 radical (unpaired) electrons. The summed E-state index contributed by atoms with van der Waals surface area (Å²) in [5.41, 5.74) is 1.55. The molecule has 0 bridgehead atoms. The smallest absolute Gasteiger partial charge is 0.494 e. The zero-order valence-electron chi connectivity index (χ0n) is 28.9. The topological polar surface area (TPSA) is 224 Å². The third-order valence-electron chi connectivity index (χ3n) is 6.74. The van der Waals surface area contributed by atoms with Crippen LogP contribution in [0.2, 0.25) is 0 Å². The minimum atomic E-state index is -1.72. The minimum absolute atomic E-state index is 0. The lowest BCUT2D eigenvalue weighted by molar-refractivity contribution is -0.148. The molecule has 18 nitrogen and oxygen atoms in total. The number of aryl methyl sites for hydroxylation is 2. The van der Waals surface area contributed by atoms with Gasteiger partial charge < -0.3 is 28.9 Å². The average Bonchev–Trinajstić information content (AvgIpc) is 4.00. The van der Waals surface area contributed by atoms with Crippen LogP contribution in [0.3, 0.4) is 0 Å². The fourth-order valence-electron chi connectivity index (χ4n) is 4.37. The number of halogens is 4. The molecule has 6 heterocycles. The van der Waals surface area contributed by atoms with E-state index in [0.717, 1.165) is 48.9 Å². The molecule has 0 fully saturated rings. The normalized spacial score (nSPS) is 9.78. The Labute approximate surface area is 337 Å². The van der Waals surface area contributed by atoms with Gasteiger partial charge in [-0.1, -0.05) is 28.7 Å². The number of ketones is 1. The van der Waals surface area contributed by atoms with E-state index in [9.17, 15) is 19.2 Å². The van der Waals surface area contributed by atoms with Gasteiger partial charge >= 0.3 is 28.6 Å². The molecule has 0 aliphatic heterocycles. The lowest BCUT2D eigenvalue weighted by Crippen LogP contribution is -2.15. The number of fused-ring (bicyclic) bond motifs is 2. The molecule has 0 aliphatic carbocycles. The highest BCUT2D eigenvalue weighted by atomic mass is 35.8. The Kier molecular flexibility index (Phi) is 20.4. The first-order chi connectivity index (χ1) is 25.3.